The van der Waals surface area contributed by atoms with E-state index in [9.17, 15) is 14.4 Å². The van der Waals surface area contributed by atoms with Crippen LogP contribution >= 0.6 is 0 Å². The Morgan fingerprint density at radius 2 is 1.87 bits per heavy atom. The van der Waals surface area contributed by atoms with E-state index in [1.54, 1.807) is 52.0 Å². The number of benzene rings is 1. The number of rotatable bonds is 5. The van der Waals surface area contributed by atoms with Gasteiger partial charge in [0.1, 0.15) is 11.3 Å². The van der Waals surface area contributed by atoms with E-state index in [-0.39, 0.29) is 18.0 Å². The largest absolute Gasteiger partial charge is 0.488 e. The van der Waals surface area contributed by atoms with Gasteiger partial charge in [-0.25, -0.2) is 4.79 Å². The van der Waals surface area contributed by atoms with Gasteiger partial charge in [-0.2, -0.15) is 0 Å². The molecule has 0 aromatic heterocycles. The molecule has 2 rings (SSSR count). The minimum atomic E-state index is -0.641. The van der Waals surface area contributed by atoms with Crippen molar-refractivity contribution in [3.63, 3.8) is 0 Å². The SMILES string of the molecule is CCOc1c(Nc2cccc(C(=O)OC(C)(C)C)c2)c(=O)c1=O. The number of carbonyl (C=O) groups excluding carboxylic acids is 1. The monoisotopic (exact) mass is 317 g/mol. The van der Waals surface area contributed by atoms with Gasteiger partial charge in [0, 0.05) is 5.69 Å². The molecule has 6 nitrogen and oxygen atoms in total. The smallest absolute Gasteiger partial charge is 0.338 e. The summed E-state index contributed by atoms with van der Waals surface area (Å²) in [4.78, 5) is 35.1. The average molecular weight is 317 g/mol. The van der Waals surface area contributed by atoms with Gasteiger partial charge in [0.25, 0.3) is 10.9 Å². The standard InChI is InChI=1S/C17H19NO5/c1-5-22-15-12(13(19)14(15)20)18-11-8-6-7-10(9-11)16(21)23-17(2,3)4/h6-9,18H,5H2,1-4H3. The first-order valence-corrected chi connectivity index (χ1v) is 7.29. The highest BCUT2D eigenvalue weighted by Gasteiger charge is 2.23. The summed E-state index contributed by atoms with van der Waals surface area (Å²) < 4.78 is 10.4. The Balaban J connectivity index is 2.22. The molecule has 0 spiro atoms. The molecule has 0 aliphatic heterocycles. The number of hydrogen-bond donors (Lipinski definition) is 1. The van der Waals surface area contributed by atoms with Crippen molar-refractivity contribution in [3.8, 4) is 5.75 Å². The maximum Gasteiger partial charge on any atom is 0.338 e. The van der Waals surface area contributed by atoms with E-state index in [1.807, 2.05) is 0 Å². The molecular formula is C17H19NO5. The minimum absolute atomic E-state index is 0.0279. The lowest BCUT2D eigenvalue weighted by molar-refractivity contribution is 0.00696. The second-order valence-corrected chi connectivity index (χ2v) is 6.00. The fourth-order valence-electron chi connectivity index (χ4n) is 1.97. The fraction of sp³-hybridized carbons (Fsp3) is 0.353. The molecule has 0 saturated heterocycles. The molecule has 0 aliphatic carbocycles. The topological polar surface area (TPSA) is 81.7 Å². The van der Waals surface area contributed by atoms with Crippen LogP contribution in [-0.2, 0) is 4.74 Å². The van der Waals surface area contributed by atoms with Crippen molar-refractivity contribution in [3.05, 3.63) is 50.3 Å². The number of hydrogen-bond acceptors (Lipinski definition) is 6. The van der Waals surface area contributed by atoms with Gasteiger partial charge in [-0.3, -0.25) is 9.59 Å². The molecule has 0 bridgehead atoms. The van der Waals surface area contributed by atoms with Crippen LogP contribution in [0.2, 0.25) is 0 Å². The predicted molar refractivity (Wildman–Crippen MR) is 87.4 cm³/mol. The van der Waals surface area contributed by atoms with Crippen molar-refractivity contribution < 1.29 is 14.3 Å². The summed E-state index contributed by atoms with van der Waals surface area (Å²) in [6.07, 6.45) is 0. The Morgan fingerprint density at radius 1 is 1.17 bits per heavy atom. The Kier molecular flexibility index (Phi) is 4.54. The van der Waals surface area contributed by atoms with E-state index in [1.165, 1.54) is 0 Å². The number of carbonyl (C=O) groups is 1. The first kappa shape index (κ1) is 16.7. The molecule has 0 radical (unpaired) electrons. The third kappa shape index (κ3) is 3.77. The summed E-state index contributed by atoms with van der Waals surface area (Å²) in [5.41, 5.74) is -0.906. The maximum absolute atomic E-state index is 12.1. The Hall–Kier alpha value is -2.63. The van der Waals surface area contributed by atoms with E-state index in [0.717, 1.165) is 0 Å². The number of nitrogens with one attached hydrogen (secondary N) is 1. The highest BCUT2D eigenvalue weighted by molar-refractivity contribution is 5.91. The molecule has 2 aromatic rings. The zero-order valence-corrected chi connectivity index (χ0v) is 13.6. The van der Waals surface area contributed by atoms with Gasteiger partial charge in [-0.05, 0) is 45.9 Å². The van der Waals surface area contributed by atoms with Crippen LogP contribution in [0.25, 0.3) is 0 Å². The van der Waals surface area contributed by atoms with Crippen LogP contribution in [0.4, 0.5) is 11.4 Å². The van der Waals surface area contributed by atoms with Crippen LogP contribution in [0, 0.1) is 0 Å². The van der Waals surface area contributed by atoms with Crippen LogP contribution < -0.4 is 20.9 Å². The second kappa shape index (κ2) is 6.24. The molecule has 0 fully saturated rings. The van der Waals surface area contributed by atoms with Crippen LogP contribution in [0.3, 0.4) is 0 Å². The molecule has 0 unspecified atom stereocenters. The van der Waals surface area contributed by atoms with Crippen molar-refractivity contribution in [2.75, 3.05) is 11.9 Å². The number of esters is 1. The molecule has 0 saturated carbocycles. The summed E-state index contributed by atoms with van der Waals surface area (Å²) >= 11 is 0. The molecule has 122 valence electrons. The van der Waals surface area contributed by atoms with Crippen LogP contribution in [-0.4, -0.2) is 18.2 Å². The third-order valence-corrected chi connectivity index (χ3v) is 2.92. The molecule has 1 N–H and O–H groups in total. The zero-order chi connectivity index (χ0) is 17.2. The first-order valence-electron chi connectivity index (χ1n) is 7.29. The van der Waals surface area contributed by atoms with E-state index in [2.05, 4.69) is 5.32 Å². The second-order valence-electron chi connectivity index (χ2n) is 6.00. The summed E-state index contributed by atoms with van der Waals surface area (Å²) in [6.45, 7) is 7.36. The van der Waals surface area contributed by atoms with Crippen molar-refractivity contribution in [1.82, 2.24) is 0 Å². The van der Waals surface area contributed by atoms with Gasteiger partial charge in [0.2, 0.25) is 0 Å². The van der Waals surface area contributed by atoms with Crippen molar-refractivity contribution >= 4 is 17.3 Å². The molecule has 6 heteroatoms. The molecule has 23 heavy (non-hydrogen) atoms. The third-order valence-electron chi connectivity index (χ3n) is 2.92. The summed E-state index contributed by atoms with van der Waals surface area (Å²) in [5.74, 6) is -0.434. The molecule has 0 heterocycles. The fourth-order valence-corrected chi connectivity index (χ4v) is 1.97. The van der Waals surface area contributed by atoms with Gasteiger partial charge in [0.15, 0.2) is 5.75 Å². The summed E-state index contributed by atoms with van der Waals surface area (Å²) in [6, 6.07) is 6.51. The average Bonchev–Trinajstić information content (AvgIpc) is 2.49. The van der Waals surface area contributed by atoms with Gasteiger partial charge >= 0.3 is 5.97 Å². The van der Waals surface area contributed by atoms with Crippen LogP contribution in [0.5, 0.6) is 5.75 Å². The van der Waals surface area contributed by atoms with E-state index in [0.29, 0.717) is 11.3 Å². The van der Waals surface area contributed by atoms with Gasteiger partial charge in [-0.1, -0.05) is 6.07 Å². The van der Waals surface area contributed by atoms with Gasteiger partial charge in [0.05, 0.1) is 12.2 Å². The Bertz CT molecular complexity index is 794. The molecule has 2 aromatic carbocycles. The van der Waals surface area contributed by atoms with Crippen molar-refractivity contribution in [1.29, 1.82) is 0 Å². The zero-order valence-electron chi connectivity index (χ0n) is 13.6. The van der Waals surface area contributed by atoms with E-state index in [4.69, 9.17) is 9.47 Å². The van der Waals surface area contributed by atoms with Crippen LogP contribution in [0.15, 0.2) is 33.9 Å². The van der Waals surface area contributed by atoms with Gasteiger partial charge < -0.3 is 14.8 Å². The quantitative estimate of drug-likeness (QED) is 0.673. The number of ether oxygens (including phenoxy) is 2. The molecule has 0 amide bonds. The molecular weight excluding hydrogens is 298 g/mol. The lowest BCUT2D eigenvalue weighted by Crippen LogP contribution is -2.35. The Labute approximate surface area is 133 Å². The normalized spacial score (nSPS) is 11.3. The molecule has 0 atom stereocenters. The van der Waals surface area contributed by atoms with Gasteiger partial charge in [-0.15, -0.1) is 0 Å². The highest BCUT2D eigenvalue weighted by Crippen LogP contribution is 2.24. The highest BCUT2D eigenvalue weighted by atomic mass is 16.6. The van der Waals surface area contributed by atoms with Crippen LogP contribution in [0.1, 0.15) is 38.1 Å². The first-order chi connectivity index (χ1) is 10.7. The van der Waals surface area contributed by atoms with E-state index < -0.39 is 22.4 Å². The lowest BCUT2D eigenvalue weighted by atomic mass is 10.1. The molecule has 0 aliphatic rings. The number of anilines is 2. The predicted octanol–water partition coefficient (Wildman–Crippen LogP) is 2.38. The summed E-state index contributed by atoms with van der Waals surface area (Å²) in [7, 11) is 0. The van der Waals surface area contributed by atoms with E-state index >= 15 is 0 Å². The Morgan fingerprint density at radius 3 is 2.48 bits per heavy atom. The lowest BCUT2D eigenvalue weighted by Gasteiger charge is -2.19. The maximum atomic E-state index is 12.1. The minimum Gasteiger partial charge on any atom is -0.488 e. The summed E-state index contributed by atoms with van der Waals surface area (Å²) in [5, 5.41) is 2.83. The van der Waals surface area contributed by atoms with Crippen molar-refractivity contribution in [2.45, 2.75) is 33.3 Å². The van der Waals surface area contributed by atoms with Crippen molar-refractivity contribution in [2.24, 2.45) is 0 Å².